The number of hydrogen-bond acceptors (Lipinski definition) is 5. The molecular formula is C14H21ClN4O. The first kappa shape index (κ1) is 14.0. The maximum Gasteiger partial charge on any atom is 0.134 e. The quantitative estimate of drug-likeness (QED) is 0.793. The topological polar surface area (TPSA) is 41.5 Å². The third-order valence-electron chi connectivity index (χ3n) is 4.03. The minimum absolute atomic E-state index is 0.526. The fourth-order valence-corrected chi connectivity index (χ4v) is 3.15. The van der Waals surface area contributed by atoms with Crippen LogP contribution in [0.2, 0.25) is 5.15 Å². The first-order valence-electron chi connectivity index (χ1n) is 7.27. The zero-order valence-electron chi connectivity index (χ0n) is 11.9. The SMILES string of the molecule is Cc1nc(Cl)cc(N2CCN(CC3CCOC3)CC2)n1. The Bertz CT molecular complexity index is 436. The highest BCUT2D eigenvalue weighted by Gasteiger charge is 2.23. The molecule has 1 atom stereocenters. The zero-order chi connectivity index (χ0) is 13.9. The molecule has 3 heterocycles. The molecule has 1 aromatic rings. The summed E-state index contributed by atoms with van der Waals surface area (Å²) in [6.45, 7) is 9.07. The van der Waals surface area contributed by atoms with E-state index in [1.807, 2.05) is 13.0 Å². The third kappa shape index (κ3) is 3.40. The van der Waals surface area contributed by atoms with E-state index in [9.17, 15) is 0 Å². The first-order chi connectivity index (χ1) is 9.70. The molecule has 3 rings (SSSR count). The van der Waals surface area contributed by atoms with Crippen LogP contribution in [0.15, 0.2) is 6.07 Å². The molecule has 2 aliphatic heterocycles. The van der Waals surface area contributed by atoms with Crippen molar-refractivity contribution in [1.29, 1.82) is 0 Å². The fraction of sp³-hybridized carbons (Fsp3) is 0.714. The number of halogens is 1. The van der Waals surface area contributed by atoms with Gasteiger partial charge in [0.1, 0.15) is 16.8 Å². The molecule has 2 aliphatic rings. The second-order valence-corrected chi connectivity index (χ2v) is 6.00. The summed E-state index contributed by atoms with van der Waals surface area (Å²) in [7, 11) is 0. The van der Waals surface area contributed by atoms with Crippen LogP contribution in [0.1, 0.15) is 12.2 Å². The van der Waals surface area contributed by atoms with Gasteiger partial charge in [-0.25, -0.2) is 9.97 Å². The Morgan fingerprint density at radius 3 is 2.75 bits per heavy atom. The van der Waals surface area contributed by atoms with E-state index in [1.165, 1.54) is 6.42 Å². The van der Waals surface area contributed by atoms with Crippen molar-refractivity contribution >= 4 is 17.4 Å². The van der Waals surface area contributed by atoms with E-state index in [-0.39, 0.29) is 0 Å². The molecule has 110 valence electrons. The second-order valence-electron chi connectivity index (χ2n) is 5.61. The molecular weight excluding hydrogens is 276 g/mol. The molecule has 1 aromatic heterocycles. The Labute approximate surface area is 124 Å². The van der Waals surface area contributed by atoms with Gasteiger partial charge >= 0.3 is 0 Å². The lowest BCUT2D eigenvalue weighted by Gasteiger charge is -2.36. The molecule has 0 N–H and O–H groups in total. The van der Waals surface area contributed by atoms with Gasteiger partial charge < -0.3 is 9.64 Å². The molecule has 1 unspecified atom stereocenters. The van der Waals surface area contributed by atoms with Gasteiger partial charge in [0.2, 0.25) is 0 Å². The molecule has 6 heteroatoms. The van der Waals surface area contributed by atoms with Gasteiger partial charge in [-0.2, -0.15) is 0 Å². The van der Waals surface area contributed by atoms with Gasteiger partial charge in [-0.3, -0.25) is 4.90 Å². The molecule has 0 aromatic carbocycles. The highest BCUT2D eigenvalue weighted by Crippen LogP contribution is 2.19. The van der Waals surface area contributed by atoms with Crippen molar-refractivity contribution in [3.63, 3.8) is 0 Å². The predicted octanol–water partition coefficient (Wildman–Crippen LogP) is 1.60. The lowest BCUT2D eigenvalue weighted by molar-refractivity contribution is 0.164. The summed E-state index contributed by atoms with van der Waals surface area (Å²) in [6.07, 6.45) is 1.21. The minimum Gasteiger partial charge on any atom is -0.381 e. The molecule has 20 heavy (non-hydrogen) atoms. The number of hydrogen-bond donors (Lipinski definition) is 0. The number of rotatable bonds is 3. The van der Waals surface area contributed by atoms with Gasteiger partial charge in [0.05, 0.1) is 6.61 Å². The smallest absolute Gasteiger partial charge is 0.134 e. The summed E-state index contributed by atoms with van der Waals surface area (Å²) >= 11 is 6.01. The van der Waals surface area contributed by atoms with Gasteiger partial charge in [0, 0.05) is 45.4 Å². The average molecular weight is 297 g/mol. The van der Waals surface area contributed by atoms with E-state index in [1.54, 1.807) is 0 Å². The van der Waals surface area contributed by atoms with E-state index in [4.69, 9.17) is 16.3 Å². The summed E-state index contributed by atoms with van der Waals surface area (Å²) in [5.41, 5.74) is 0. The first-order valence-corrected chi connectivity index (χ1v) is 7.65. The van der Waals surface area contributed by atoms with Crippen molar-refractivity contribution in [2.75, 3.05) is 50.8 Å². The largest absolute Gasteiger partial charge is 0.381 e. The monoisotopic (exact) mass is 296 g/mol. The Hall–Kier alpha value is -0.910. The number of nitrogens with zero attached hydrogens (tertiary/aromatic N) is 4. The fourth-order valence-electron chi connectivity index (χ4n) is 2.93. The van der Waals surface area contributed by atoms with Crippen LogP contribution in [-0.2, 0) is 4.74 Å². The van der Waals surface area contributed by atoms with Crippen LogP contribution in [0.5, 0.6) is 0 Å². The van der Waals surface area contributed by atoms with Crippen LogP contribution in [0.25, 0.3) is 0 Å². The number of aromatic nitrogens is 2. The number of ether oxygens (including phenoxy) is 1. The van der Waals surface area contributed by atoms with Crippen molar-refractivity contribution in [2.45, 2.75) is 13.3 Å². The van der Waals surface area contributed by atoms with Crippen molar-refractivity contribution in [3.05, 3.63) is 17.0 Å². The molecule has 0 amide bonds. The van der Waals surface area contributed by atoms with Crippen LogP contribution in [0.4, 0.5) is 5.82 Å². The average Bonchev–Trinajstić information content (AvgIpc) is 2.91. The van der Waals surface area contributed by atoms with Crippen molar-refractivity contribution in [1.82, 2.24) is 14.9 Å². The summed E-state index contributed by atoms with van der Waals surface area (Å²) in [5, 5.41) is 0.526. The van der Waals surface area contributed by atoms with Gasteiger partial charge in [0.15, 0.2) is 0 Å². The van der Waals surface area contributed by atoms with E-state index in [0.717, 1.165) is 63.5 Å². The molecule has 0 spiro atoms. The van der Waals surface area contributed by atoms with E-state index in [0.29, 0.717) is 5.15 Å². The van der Waals surface area contributed by atoms with Gasteiger partial charge in [-0.05, 0) is 19.3 Å². The maximum absolute atomic E-state index is 6.01. The predicted molar refractivity (Wildman–Crippen MR) is 79.4 cm³/mol. The van der Waals surface area contributed by atoms with E-state index in [2.05, 4.69) is 19.8 Å². The minimum atomic E-state index is 0.526. The molecule has 2 saturated heterocycles. The number of anilines is 1. The zero-order valence-corrected chi connectivity index (χ0v) is 12.6. The molecule has 0 saturated carbocycles. The summed E-state index contributed by atoms with van der Waals surface area (Å²) in [6, 6.07) is 1.86. The molecule has 5 nitrogen and oxygen atoms in total. The van der Waals surface area contributed by atoms with Crippen LogP contribution in [-0.4, -0.2) is 60.8 Å². The molecule has 2 fully saturated rings. The Morgan fingerprint density at radius 2 is 2.10 bits per heavy atom. The van der Waals surface area contributed by atoms with E-state index < -0.39 is 0 Å². The normalized spacial score (nSPS) is 24.3. The molecule has 0 radical (unpaired) electrons. The lowest BCUT2D eigenvalue weighted by atomic mass is 10.1. The highest BCUT2D eigenvalue weighted by atomic mass is 35.5. The van der Waals surface area contributed by atoms with Crippen molar-refractivity contribution in [2.24, 2.45) is 5.92 Å². The standard InChI is InChI=1S/C14H21ClN4O/c1-11-16-13(15)8-14(17-11)19-5-3-18(4-6-19)9-12-2-7-20-10-12/h8,12H,2-7,9-10H2,1H3. The Balaban J connectivity index is 1.55. The molecule has 0 bridgehead atoms. The van der Waals surface area contributed by atoms with Crippen molar-refractivity contribution in [3.8, 4) is 0 Å². The summed E-state index contributed by atoms with van der Waals surface area (Å²) in [4.78, 5) is 13.4. The van der Waals surface area contributed by atoms with Gasteiger partial charge in [-0.1, -0.05) is 11.6 Å². The van der Waals surface area contributed by atoms with E-state index >= 15 is 0 Å². The van der Waals surface area contributed by atoms with Crippen LogP contribution < -0.4 is 4.90 Å². The van der Waals surface area contributed by atoms with Gasteiger partial charge in [-0.15, -0.1) is 0 Å². The van der Waals surface area contributed by atoms with Crippen molar-refractivity contribution < 1.29 is 4.74 Å². The third-order valence-corrected chi connectivity index (χ3v) is 4.22. The lowest BCUT2D eigenvalue weighted by Crippen LogP contribution is -2.48. The number of piperazine rings is 1. The Kier molecular flexibility index (Phi) is 4.38. The van der Waals surface area contributed by atoms with Crippen LogP contribution in [0.3, 0.4) is 0 Å². The molecule has 0 aliphatic carbocycles. The van der Waals surface area contributed by atoms with Crippen LogP contribution >= 0.6 is 11.6 Å². The van der Waals surface area contributed by atoms with Gasteiger partial charge in [0.25, 0.3) is 0 Å². The highest BCUT2D eigenvalue weighted by molar-refractivity contribution is 6.29. The maximum atomic E-state index is 6.01. The summed E-state index contributed by atoms with van der Waals surface area (Å²) < 4.78 is 5.45. The Morgan fingerprint density at radius 1 is 1.30 bits per heavy atom. The van der Waals surface area contributed by atoms with Crippen LogP contribution in [0, 0.1) is 12.8 Å². The second kappa shape index (κ2) is 6.24. The number of aryl methyl sites for hydroxylation is 1. The summed E-state index contributed by atoms with van der Waals surface area (Å²) in [5.74, 6) is 2.40.